The zero-order chi connectivity index (χ0) is 22.2. The molecule has 5 nitrogen and oxygen atoms in total. The number of hydrogen-bond acceptors (Lipinski definition) is 3. The number of aryl methyl sites for hydroxylation is 3. The van der Waals surface area contributed by atoms with Crippen molar-refractivity contribution in [3.63, 3.8) is 0 Å². The second-order valence-electron chi connectivity index (χ2n) is 7.73. The molecule has 160 valence electrons. The first kappa shape index (κ1) is 21.1. The van der Waals surface area contributed by atoms with Crippen molar-refractivity contribution in [3.05, 3.63) is 88.7 Å². The van der Waals surface area contributed by atoms with E-state index < -0.39 is 15.8 Å². The molecule has 0 spiro atoms. The smallest absolute Gasteiger partial charge is 0.261 e. The summed E-state index contributed by atoms with van der Waals surface area (Å²) >= 11 is 0. The number of anilines is 2. The first-order valence-electron chi connectivity index (χ1n) is 10.1. The zero-order valence-corrected chi connectivity index (χ0v) is 18.2. The molecule has 1 heterocycles. The summed E-state index contributed by atoms with van der Waals surface area (Å²) in [5.74, 6) is -0.632. The van der Waals surface area contributed by atoms with Gasteiger partial charge in [0.25, 0.3) is 15.9 Å². The van der Waals surface area contributed by atoms with Crippen LogP contribution in [0.5, 0.6) is 0 Å². The van der Waals surface area contributed by atoms with Crippen LogP contribution in [-0.4, -0.2) is 20.9 Å². The molecule has 1 aliphatic rings. The number of halogens is 1. The van der Waals surface area contributed by atoms with Crippen LogP contribution < -0.4 is 9.62 Å². The fraction of sp³-hybridized carbons (Fsp3) is 0.208. The van der Waals surface area contributed by atoms with E-state index in [0.29, 0.717) is 36.3 Å². The molecule has 0 radical (unpaired) electrons. The lowest BCUT2D eigenvalue weighted by Gasteiger charge is -2.30. The minimum Gasteiger partial charge on any atom is -0.308 e. The van der Waals surface area contributed by atoms with Crippen molar-refractivity contribution in [2.24, 2.45) is 0 Å². The van der Waals surface area contributed by atoms with Crippen molar-refractivity contribution in [2.75, 3.05) is 16.2 Å². The molecular formula is C24H23FN2O3S. The number of hydrogen-bond donors (Lipinski definition) is 1. The molecule has 0 aliphatic carbocycles. The van der Waals surface area contributed by atoms with Gasteiger partial charge in [-0.25, -0.2) is 12.8 Å². The van der Waals surface area contributed by atoms with Gasteiger partial charge < -0.3 is 4.90 Å². The quantitative estimate of drug-likeness (QED) is 0.634. The van der Waals surface area contributed by atoms with Crippen molar-refractivity contribution in [2.45, 2.75) is 31.6 Å². The van der Waals surface area contributed by atoms with E-state index in [9.17, 15) is 17.6 Å². The number of amides is 1. The van der Waals surface area contributed by atoms with Gasteiger partial charge in [-0.2, -0.15) is 0 Å². The van der Waals surface area contributed by atoms with Crippen LogP contribution >= 0.6 is 0 Å². The molecule has 1 aliphatic heterocycles. The third-order valence-corrected chi connectivity index (χ3v) is 6.88. The standard InChI is InChI=1S/C24H23FN2O3S/c1-16-5-3-6-17(2)23(16)26-31(29,30)21-12-13-22-19(15-21)7-4-14-27(22)24(28)18-8-10-20(25)11-9-18/h3,5-6,8-13,15,26H,4,7,14H2,1-2H3. The van der Waals surface area contributed by atoms with Crippen molar-refractivity contribution in [1.82, 2.24) is 0 Å². The molecule has 4 rings (SSSR count). The van der Waals surface area contributed by atoms with Gasteiger partial charge in [0.2, 0.25) is 0 Å². The molecular weight excluding hydrogens is 415 g/mol. The number of fused-ring (bicyclic) bond motifs is 1. The largest absolute Gasteiger partial charge is 0.308 e. The summed E-state index contributed by atoms with van der Waals surface area (Å²) in [4.78, 5) is 14.7. The average molecular weight is 439 g/mol. The van der Waals surface area contributed by atoms with E-state index in [2.05, 4.69) is 4.72 Å². The summed E-state index contributed by atoms with van der Waals surface area (Å²) in [5.41, 5.74) is 4.14. The molecule has 0 unspecified atom stereocenters. The van der Waals surface area contributed by atoms with Gasteiger partial charge in [-0.15, -0.1) is 0 Å². The van der Waals surface area contributed by atoms with Crippen molar-refractivity contribution >= 4 is 27.3 Å². The third-order valence-electron chi connectivity index (χ3n) is 5.53. The number of nitrogens with zero attached hydrogens (tertiary/aromatic N) is 1. The first-order chi connectivity index (χ1) is 14.8. The Balaban J connectivity index is 1.65. The SMILES string of the molecule is Cc1cccc(C)c1NS(=O)(=O)c1ccc2c(c1)CCCN2C(=O)c1ccc(F)cc1. The van der Waals surface area contributed by atoms with Crippen molar-refractivity contribution in [3.8, 4) is 0 Å². The summed E-state index contributed by atoms with van der Waals surface area (Å²) < 4.78 is 42.0. The number of rotatable bonds is 4. The molecule has 3 aromatic carbocycles. The predicted octanol–water partition coefficient (Wildman–Crippen LogP) is 4.84. The molecule has 0 atom stereocenters. The minimum atomic E-state index is -3.78. The van der Waals surface area contributed by atoms with Gasteiger partial charge in [0, 0.05) is 17.8 Å². The number of benzene rings is 3. The second-order valence-corrected chi connectivity index (χ2v) is 9.41. The van der Waals surface area contributed by atoms with Crippen LogP contribution in [0.4, 0.5) is 15.8 Å². The highest BCUT2D eigenvalue weighted by atomic mass is 32.2. The molecule has 0 fully saturated rings. The van der Waals surface area contributed by atoms with Crippen LogP contribution in [0.25, 0.3) is 0 Å². The van der Waals surface area contributed by atoms with Gasteiger partial charge in [0.1, 0.15) is 5.82 Å². The summed E-state index contributed by atoms with van der Waals surface area (Å²) in [5, 5.41) is 0. The number of carbonyl (C=O) groups is 1. The predicted molar refractivity (Wildman–Crippen MR) is 120 cm³/mol. The number of sulfonamides is 1. The summed E-state index contributed by atoms with van der Waals surface area (Å²) in [6.07, 6.45) is 1.39. The Kier molecular flexibility index (Phi) is 5.54. The average Bonchev–Trinajstić information content (AvgIpc) is 2.75. The Morgan fingerprint density at radius 3 is 2.35 bits per heavy atom. The van der Waals surface area contributed by atoms with E-state index in [-0.39, 0.29) is 10.8 Å². The van der Waals surface area contributed by atoms with Crippen LogP contribution in [-0.2, 0) is 16.4 Å². The molecule has 1 N–H and O–H groups in total. The lowest BCUT2D eigenvalue weighted by atomic mass is 10.0. The number of nitrogens with one attached hydrogen (secondary N) is 1. The van der Waals surface area contributed by atoms with Crippen LogP contribution in [0.15, 0.2) is 65.6 Å². The van der Waals surface area contributed by atoms with Crippen molar-refractivity contribution < 1.29 is 17.6 Å². The fourth-order valence-electron chi connectivity index (χ4n) is 3.87. The van der Waals surface area contributed by atoms with Gasteiger partial charge in [-0.1, -0.05) is 18.2 Å². The van der Waals surface area contributed by atoms with E-state index in [1.54, 1.807) is 17.0 Å². The summed E-state index contributed by atoms with van der Waals surface area (Å²) in [7, 11) is -3.78. The van der Waals surface area contributed by atoms with E-state index in [1.807, 2.05) is 32.0 Å². The number of carbonyl (C=O) groups excluding carboxylic acids is 1. The van der Waals surface area contributed by atoms with Crippen LogP contribution in [0.3, 0.4) is 0 Å². The van der Waals surface area contributed by atoms with Gasteiger partial charge in [0.15, 0.2) is 0 Å². The van der Waals surface area contributed by atoms with Crippen LogP contribution in [0, 0.1) is 19.7 Å². The zero-order valence-electron chi connectivity index (χ0n) is 17.4. The van der Waals surface area contributed by atoms with Gasteiger partial charge in [-0.05, 0) is 85.8 Å². The lowest BCUT2D eigenvalue weighted by Crippen LogP contribution is -2.35. The Morgan fingerprint density at radius 2 is 1.68 bits per heavy atom. The van der Waals surface area contributed by atoms with Gasteiger partial charge in [0.05, 0.1) is 10.6 Å². The van der Waals surface area contributed by atoms with E-state index in [0.717, 1.165) is 16.7 Å². The molecule has 0 saturated carbocycles. The highest BCUT2D eigenvalue weighted by molar-refractivity contribution is 7.92. The Labute approximate surface area is 181 Å². The summed E-state index contributed by atoms with van der Waals surface area (Å²) in [6, 6.07) is 15.9. The molecule has 31 heavy (non-hydrogen) atoms. The van der Waals surface area contributed by atoms with Crippen molar-refractivity contribution in [1.29, 1.82) is 0 Å². The second kappa shape index (κ2) is 8.15. The maximum Gasteiger partial charge on any atom is 0.261 e. The van der Waals surface area contributed by atoms with Gasteiger partial charge in [-0.3, -0.25) is 9.52 Å². The maximum atomic E-state index is 13.2. The Morgan fingerprint density at radius 1 is 1.00 bits per heavy atom. The minimum absolute atomic E-state index is 0.157. The monoisotopic (exact) mass is 438 g/mol. The fourth-order valence-corrected chi connectivity index (χ4v) is 5.12. The lowest BCUT2D eigenvalue weighted by molar-refractivity contribution is 0.0985. The van der Waals surface area contributed by atoms with Gasteiger partial charge >= 0.3 is 0 Å². The maximum absolute atomic E-state index is 13.2. The molecule has 0 saturated heterocycles. The number of para-hydroxylation sites is 1. The Bertz CT molecular complexity index is 1230. The van der Waals surface area contributed by atoms with E-state index in [1.165, 1.54) is 30.3 Å². The first-order valence-corrected chi connectivity index (χ1v) is 11.5. The third kappa shape index (κ3) is 4.18. The van der Waals surface area contributed by atoms with E-state index >= 15 is 0 Å². The highest BCUT2D eigenvalue weighted by Gasteiger charge is 2.26. The highest BCUT2D eigenvalue weighted by Crippen LogP contribution is 2.32. The van der Waals surface area contributed by atoms with E-state index in [4.69, 9.17) is 0 Å². The molecule has 0 aromatic heterocycles. The molecule has 1 amide bonds. The molecule has 3 aromatic rings. The normalized spacial score (nSPS) is 13.6. The van der Waals surface area contributed by atoms with Crippen LogP contribution in [0.2, 0.25) is 0 Å². The Hall–Kier alpha value is -3.19. The summed E-state index contributed by atoms with van der Waals surface area (Å²) in [6.45, 7) is 4.24. The topological polar surface area (TPSA) is 66.5 Å². The molecule has 0 bridgehead atoms. The molecule has 7 heteroatoms. The van der Waals surface area contributed by atoms with Crippen LogP contribution in [0.1, 0.15) is 33.5 Å².